The third-order valence-electron chi connectivity index (χ3n) is 2.78. The summed E-state index contributed by atoms with van der Waals surface area (Å²) < 4.78 is 7.11. The Kier molecular flexibility index (Phi) is 3.04. The summed E-state index contributed by atoms with van der Waals surface area (Å²) in [7, 11) is 5.17. The van der Waals surface area contributed by atoms with Gasteiger partial charge in [0.2, 0.25) is 5.91 Å². The summed E-state index contributed by atoms with van der Waals surface area (Å²) in [5, 5.41) is 1.08. The van der Waals surface area contributed by atoms with Crippen LogP contribution in [0.15, 0.2) is 30.5 Å². The van der Waals surface area contributed by atoms with Crippen molar-refractivity contribution in [2.24, 2.45) is 0 Å². The number of amides is 1. The predicted molar refractivity (Wildman–Crippen MR) is 67.2 cm³/mol. The van der Waals surface area contributed by atoms with E-state index in [1.54, 1.807) is 26.1 Å². The maximum Gasteiger partial charge on any atom is 0.241 e. The molecule has 0 unspecified atom stereocenters. The van der Waals surface area contributed by atoms with Crippen LogP contribution in [0.4, 0.5) is 0 Å². The Hall–Kier alpha value is -1.97. The number of carbonyl (C=O) groups excluding carboxylic acids is 1. The molecule has 0 aliphatic heterocycles. The fourth-order valence-corrected chi connectivity index (χ4v) is 1.73. The molecular formula is C13H16N2O2. The molecule has 0 atom stereocenters. The van der Waals surface area contributed by atoms with Gasteiger partial charge in [0.15, 0.2) is 0 Å². The minimum atomic E-state index is 0.0818. The van der Waals surface area contributed by atoms with Crippen LogP contribution in [0.3, 0.4) is 0 Å². The Balaban J connectivity index is 2.33. The van der Waals surface area contributed by atoms with Crippen LogP contribution in [0.1, 0.15) is 0 Å². The zero-order valence-corrected chi connectivity index (χ0v) is 10.3. The lowest BCUT2D eigenvalue weighted by atomic mass is 10.2. The largest absolute Gasteiger partial charge is 0.497 e. The van der Waals surface area contributed by atoms with Gasteiger partial charge in [0, 0.05) is 31.2 Å². The molecule has 0 saturated heterocycles. The minimum absolute atomic E-state index is 0.0818. The van der Waals surface area contributed by atoms with Crippen LogP contribution in [0.2, 0.25) is 0 Å². The summed E-state index contributed by atoms with van der Waals surface area (Å²) in [6, 6.07) is 7.82. The summed E-state index contributed by atoms with van der Waals surface area (Å²) in [5.74, 6) is 0.910. The molecule has 1 aromatic heterocycles. The fraction of sp³-hybridized carbons (Fsp3) is 0.308. The molecule has 0 radical (unpaired) electrons. The Morgan fingerprint density at radius 2 is 2.12 bits per heavy atom. The van der Waals surface area contributed by atoms with Crippen LogP contribution in [0.5, 0.6) is 5.75 Å². The average Bonchev–Trinajstić information content (AvgIpc) is 2.71. The van der Waals surface area contributed by atoms with Gasteiger partial charge in [-0.3, -0.25) is 4.79 Å². The lowest BCUT2D eigenvalue weighted by Gasteiger charge is -2.11. The molecule has 0 N–H and O–H groups in total. The normalized spacial score (nSPS) is 10.5. The lowest BCUT2D eigenvalue weighted by Crippen LogP contribution is -2.25. The van der Waals surface area contributed by atoms with Crippen molar-refractivity contribution in [2.75, 3.05) is 21.2 Å². The van der Waals surface area contributed by atoms with Crippen molar-refractivity contribution in [1.29, 1.82) is 0 Å². The van der Waals surface area contributed by atoms with Gasteiger partial charge >= 0.3 is 0 Å². The smallest absolute Gasteiger partial charge is 0.241 e. The van der Waals surface area contributed by atoms with Gasteiger partial charge < -0.3 is 14.2 Å². The standard InChI is InChI=1S/C13H16N2O2/c1-14(2)13(16)9-15-7-6-10-8-11(17-3)4-5-12(10)15/h4-8H,9H2,1-3H3. The Labute approximate surface area is 100 Å². The molecule has 0 spiro atoms. The summed E-state index contributed by atoms with van der Waals surface area (Å²) in [6.45, 7) is 0.364. The van der Waals surface area contributed by atoms with Crippen LogP contribution in [0, 0.1) is 0 Å². The van der Waals surface area contributed by atoms with Gasteiger partial charge in [0.05, 0.1) is 7.11 Å². The highest BCUT2D eigenvalue weighted by Gasteiger charge is 2.08. The molecule has 1 heterocycles. The van der Waals surface area contributed by atoms with E-state index in [2.05, 4.69) is 0 Å². The number of methoxy groups -OCH3 is 1. The number of aromatic nitrogens is 1. The molecule has 2 aromatic rings. The number of ether oxygens (including phenoxy) is 1. The molecule has 0 saturated carbocycles. The van der Waals surface area contributed by atoms with E-state index in [-0.39, 0.29) is 5.91 Å². The Bertz CT molecular complexity index is 543. The van der Waals surface area contributed by atoms with E-state index in [1.807, 2.05) is 35.0 Å². The molecule has 0 fully saturated rings. The van der Waals surface area contributed by atoms with E-state index < -0.39 is 0 Å². The zero-order valence-electron chi connectivity index (χ0n) is 10.3. The van der Waals surface area contributed by atoms with Gasteiger partial charge in [0.25, 0.3) is 0 Å². The summed E-state index contributed by atoms with van der Waals surface area (Å²) >= 11 is 0. The maximum atomic E-state index is 11.7. The van der Waals surface area contributed by atoms with Gasteiger partial charge in [-0.05, 0) is 24.3 Å². The number of likely N-dealkylation sites (N-methyl/N-ethyl adjacent to an activating group) is 1. The number of fused-ring (bicyclic) bond motifs is 1. The number of hydrogen-bond acceptors (Lipinski definition) is 2. The lowest BCUT2D eigenvalue weighted by molar-refractivity contribution is -0.129. The summed E-state index contributed by atoms with van der Waals surface area (Å²) in [5.41, 5.74) is 1.04. The number of rotatable bonds is 3. The highest BCUT2D eigenvalue weighted by Crippen LogP contribution is 2.21. The molecular weight excluding hydrogens is 216 g/mol. The van der Waals surface area contributed by atoms with E-state index >= 15 is 0 Å². The molecule has 0 aliphatic rings. The average molecular weight is 232 g/mol. The molecule has 90 valence electrons. The van der Waals surface area contributed by atoms with Crippen LogP contribution >= 0.6 is 0 Å². The van der Waals surface area contributed by atoms with Crippen molar-refractivity contribution in [1.82, 2.24) is 9.47 Å². The van der Waals surface area contributed by atoms with E-state index in [4.69, 9.17) is 4.74 Å². The molecule has 4 heteroatoms. The van der Waals surface area contributed by atoms with Crippen LogP contribution in [0.25, 0.3) is 10.9 Å². The van der Waals surface area contributed by atoms with Gasteiger partial charge in [-0.25, -0.2) is 0 Å². The number of carbonyl (C=O) groups is 1. The summed E-state index contributed by atoms with van der Waals surface area (Å²) in [6.07, 6.45) is 1.92. The van der Waals surface area contributed by atoms with Crippen LogP contribution in [-0.2, 0) is 11.3 Å². The van der Waals surface area contributed by atoms with Gasteiger partial charge in [-0.2, -0.15) is 0 Å². The summed E-state index contributed by atoms with van der Waals surface area (Å²) in [4.78, 5) is 13.2. The van der Waals surface area contributed by atoms with Gasteiger partial charge in [-0.1, -0.05) is 0 Å². The first kappa shape index (κ1) is 11.5. The molecule has 1 aromatic carbocycles. The van der Waals surface area contributed by atoms with E-state index in [9.17, 15) is 4.79 Å². The number of benzene rings is 1. The van der Waals surface area contributed by atoms with Crippen molar-refractivity contribution in [3.8, 4) is 5.75 Å². The van der Waals surface area contributed by atoms with Crippen molar-refractivity contribution in [3.05, 3.63) is 30.5 Å². The van der Waals surface area contributed by atoms with Crippen molar-refractivity contribution in [2.45, 2.75) is 6.54 Å². The molecule has 4 nitrogen and oxygen atoms in total. The number of nitrogens with zero attached hydrogens (tertiary/aromatic N) is 2. The molecule has 17 heavy (non-hydrogen) atoms. The third-order valence-corrected chi connectivity index (χ3v) is 2.78. The number of hydrogen-bond donors (Lipinski definition) is 0. The Morgan fingerprint density at radius 1 is 1.35 bits per heavy atom. The predicted octanol–water partition coefficient (Wildman–Crippen LogP) is 1.74. The first-order chi connectivity index (χ1) is 8.11. The van der Waals surface area contributed by atoms with Gasteiger partial charge in [-0.15, -0.1) is 0 Å². The van der Waals surface area contributed by atoms with Crippen LogP contribution < -0.4 is 4.74 Å². The zero-order chi connectivity index (χ0) is 12.4. The Morgan fingerprint density at radius 3 is 2.76 bits per heavy atom. The third kappa shape index (κ3) is 2.25. The fourth-order valence-electron chi connectivity index (χ4n) is 1.73. The molecule has 0 aliphatic carbocycles. The SMILES string of the molecule is COc1ccc2c(ccn2CC(=O)N(C)C)c1. The highest BCUT2D eigenvalue weighted by atomic mass is 16.5. The second kappa shape index (κ2) is 4.49. The minimum Gasteiger partial charge on any atom is -0.497 e. The van der Waals surface area contributed by atoms with Crippen molar-refractivity contribution >= 4 is 16.8 Å². The first-order valence-electron chi connectivity index (χ1n) is 5.45. The second-order valence-corrected chi connectivity index (χ2v) is 4.16. The van der Waals surface area contributed by atoms with E-state index in [0.717, 1.165) is 16.7 Å². The first-order valence-corrected chi connectivity index (χ1v) is 5.45. The maximum absolute atomic E-state index is 11.7. The monoisotopic (exact) mass is 232 g/mol. The van der Waals surface area contributed by atoms with E-state index in [0.29, 0.717) is 6.54 Å². The topological polar surface area (TPSA) is 34.5 Å². The molecule has 1 amide bonds. The highest BCUT2D eigenvalue weighted by molar-refractivity contribution is 5.84. The van der Waals surface area contributed by atoms with Gasteiger partial charge in [0.1, 0.15) is 12.3 Å². The van der Waals surface area contributed by atoms with E-state index in [1.165, 1.54) is 0 Å². The second-order valence-electron chi connectivity index (χ2n) is 4.16. The van der Waals surface area contributed by atoms with Crippen LogP contribution in [-0.4, -0.2) is 36.6 Å². The molecule has 0 bridgehead atoms. The van der Waals surface area contributed by atoms with Crippen molar-refractivity contribution < 1.29 is 9.53 Å². The quantitative estimate of drug-likeness (QED) is 0.807. The molecule has 2 rings (SSSR count). The van der Waals surface area contributed by atoms with Crippen molar-refractivity contribution in [3.63, 3.8) is 0 Å².